The predicted molar refractivity (Wildman–Crippen MR) is 64.1 cm³/mol. The van der Waals surface area contributed by atoms with Gasteiger partial charge in [-0.05, 0) is 33.1 Å². The van der Waals surface area contributed by atoms with E-state index in [2.05, 4.69) is 22.6 Å². The summed E-state index contributed by atoms with van der Waals surface area (Å²) in [5.74, 6) is 0.551. The van der Waals surface area contributed by atoms with Crippen molar-refractivity contribution in [3.8, 4) is 0 Å². The van der Waals surface area contributed by atoms with Crippen LogP contribution in [0.4, 0.5) is 0 Å². The molecule has 1 unspecified atom stereocenters. The zero-order chi connectivity index (χ0) is 10.8. The molecule has 82 valence electrons. The molecular weight excluding hydrogens is 293 g/mol. The van der Waals surface area contributed by atoms with Gasteiger partial charge >= 0.3 is 5.97 Å². The van der Waals surface area contributed by atoms with E-state index >= 15 is 0 Å². The van der Waals surface area contributed by atoms with Gasteiger partial charge in [-0.3, -0.25) is 0 Å². The number of nitrogens with zero attached hydrogens (tertiary/aromatic N) is 1. The minimum Gasteiger partial charge on any atom is -0.367 e. The molecule has 0 aromatic rings. The van der Waals surface area contributed by atoms with E-state index < -0.39 is 5.41 Å². The lowest BCUT2D eigenvalue weighted by Gasteiger charge is -2.21. The second-order valence-corrected chi connectivity index (χ2v) is 5.71. The molecule has 0 aromatic carbocycles. The van der Waals surface area contributed by atoms with Gasteiger partial charge in [0.15, 0.2) is 0 Å². The quantitative estimate of drug-likeness (QED) is 0.579. The van der Waals surface area contributed by atoms with Gasteiger partial charge in [0.2, 0.25) is 0 Å². The van der Waals surface area contributed by atoms with Crippen LogP contribution in [0.3, 0.4) is 0 Å². The third-order valence-electron chi connectivity index (χ3n) is 2.29. The topological polar surface area (TPSA) is 29.5 Å². The van der Waals surface area contributed by atoms with Crippen molar-refractivity contribution in [3.05, 3.63) is 0 Å². The van der Waals surface area contributed by atoms with Gasteiger partial charge in [-0.2, -0.15) is 0 Å². The van der Waals surface area contributed by atoms with Crippen LogP contribution in [0.1, 0.15) is 27.2 Å². The maximum absolute atomic E-state index is 11.5. The summed E-state index contributed by atoms with van der Waals surface area (Å²) in [7, 11) is 0. The smallest absolute Gasteiger partial charge is 0.330 e. The van der Waals surface area contributed by atoms with Crippen molar-refractivity contribution in [1.82, 2.24) is 5.06 Å². The van der Waals surface area contributed by atoms with Crippen molar-refractivity contribution in [2.75, 3.05) is 17.5 Å². The summed E-state index contributed by atoms with van der Waals surface area (Å²) >= 11 is 2.38. The number of halogens is 1. The van der Waals surface area contributed by atoms with E-state index in [-0.39, 0.29) is 5.97 Å². The Morgan fingerprint density at radius 3 is 2.64 bits per heavy atom. The molecule has 4 heteroatoms. The number of hydrogen-bond acceptors (Lipinski definition) is 3. The molecule has 0 amide bonds. The highest BCUT2D eigenvalue weighted by molar-refractivity contribution is 14.1. The lowest BCUT2D eigenvalue weighted by Crippen LogP contribution is -2.32. The number of alkyl halides is 1. The van der Waals surface area contributed by atoms with Crippen molar-refractivity contribution in [2.24, 2.45) is 11.3 Å². The Hall–Kier alpha value is 0.160. The summed E-state index contributed by atoms with van der Waals surface area (Å²) in [6.45, 7) is 7.41. The van der Waals surface area contributed by atoms with Crippen LogP contribution >= 0.6 is 22.6 Å². The van der Waals surface area contributed by atoms with Crippen molar-refractivity contribution in [3.63, 3.8) is 0 Å². The van der Waals surface area contributed by atoms with Gasteiger partial charge in [0, 0.05) is 17.5 Å². The van der Waals surface area contributed by atoms with Gasteiger partial charge in [-0.15, -0.1) is 5.06 Å². The van der Waals surface area contributed by atoms with Crippen LogP contribution in [0, 0.1) is 11.3 Å². The molecule has 1 aliphatic heterocycles. The monoisotopic (exact) mass is 311 g/mol. The average molecular weight is 311 g/mol. The first-order chi connectivity index (χ1) is 6.43. The molecule has 3 nitrogen and oxygen atoms in total. The first-order valence-electron chi connectivity index (χ1n) is 4.97. The van der Waals surface area contributed by atoms with Crippen molar-refractivity contribution in [2.45, 2.75) is 27.2 Å². The molecule has 0 radical (unpaired) electrons. The molecule has 1 aliphatic rings. The number of rotatable bonds is 2. The van der Waals surface area contributed by atoms with Gasteiger partial charge in [-0.25, -0.2) is 4.79 Å². The summed E-state index contributed by atoms with van der Waals surface area (Å²) in [4.78, 5) is 16.8. The van der Waals surface area contributed by atoms with E-state index in [1.165, 1.54) is 0 Å². The highest BCUT2D eigenvalue weighted by Gasteiger charge is 2.29. The molecule has 1 rings (SSSR count). The van der Waals surface area contributed by atoms with Gasteiger partial charge in [-0.1, -0.05) is 22.6 Å². The number of hydroxylamine groups is 2. The molecule has 1 heterocycles. The van der Waals surface area contributed by atoms with Crippen molar-refractivity contribution in [1.29, 1.82) is 0 Å². The van der Waals surface area contributed by atoms with E-state index in [1.54, 1.807) is 5.06 Å². The standard InChI is InChI=1S/C10H18INO2/c1-10(2,3)9(13)14-12-5-4-8(6-11)7-12/h8H,4-7H2,1-3H3. The minimum atomic E-state index is -0.400. The fourth-order valence-corrected chi connectivity index (χ4v) is 1.98. The summed E-state index contributed by atoms with van der Waals surface area (Å²) < 4.78 is 1.14. The van der Waals surface area contributed by atoms with E-state index in [4.69, 9.17) is 4.84 Å². The Morgan fingerprint density at radius 1 is 1.57 bits per heavy atom. The van der Waals surface area contributed by atoms with Crippen LogP contribution < -0.4 is 0 Å². The Bertz CT molecular complexity index is 213. The molecule has 0 aromatic heterocycles. The third kappa shape index (κ3) is 3.38. The summed E-state index contributed by atoms with van der Waals surface area (Å²) in [5, 5.41) is 1.80. The number of carbonyl (C=O) groups is 1. The highest BCUT2D eigenvalue weighted by Crippen LogP contribution is 2.22. The van der Waals surface area contributed by atoms with Crippen molar-refractivity contribution < 1.29 is 9.63 Å². The summed E-state index contributed by atoms with van der Waals surface area (Å²) in [6, 6.07) is 0. The maximum Gasteiger partial charge on any atom is 0.330 e. The SMILES string of the molecule is CC(C)(C)C(=O)ON1CCC(CI)C1. The highest BCUT2D eigenvalue weighted by atomic mass is 127. The molecular formula is C10H18INO2. The van der Waals surface area contributed by atoms with E-state index in [0.29, 0.717) is 5.92 Å². The second-order valence-electron chi connectivity index (χ2n) is 4.83. The van der Waals surface area contributed by atoms with Crippen molar-refractivity contribution >= 4 is 28.6 Å². The van der Waals surface area contributed by atoms with Crippen LogP contribution in [0.2, 0.25) is 0 Å². The largest absolute Gasteiger partial charge is 0.367 e. The molecule has 1 saturated heterocycles. The molecule has 0 spiro atoms. The molecule has 1 fully saturated rings. The van der Waals surface area contributed by atoms with Crippen LogP contribution in [0.5, 0.6) is 0 Å². The first kappa shape index (κ1) is 12.2. The summed E-state index contributed by atoms with van der Waals surface area (Å²) in [5.41, 5.74) is -0.400. The van der Waals surface area contributed by atoms with Crippen LogP contribution in [0.15, 0.2) is 0 Å². The van der Waals surface area contributed by atoms with Crippen LogP contribution in [-0.4, -0.2) is 28.5 Å². The lowest BCUT2D eigenvalue weighted by molar-refractivity contribution is -0.195. The third-order valence-corrected chi connectivity index (χ3v) is 3.54. The Kier molecular flexibility index (Phi) is 4.18. The molecule has 0 N–H and O–H groups in total. The van der Waals surface area contributed by atoms with Gasteiger partial charge in [0.05, 0.1) is 5.41 Å². The lowest BCUT2D eigenvalue weighted by atomic mass is 9.98. The maximum atomic E-state index is 11.5. The van der Waals surface area contributed by atoms with Crippen LogP contribution in [0.25, 0.3) is 0 Å². The van der Waals surface area contributed by atoms with E-state index in [0.717, 1.165) is 23.9 Å². The fourth-order valence-electron chi connectivity index (χ4n) is 1.26. The number of carbonyl (C=O) groups excluding carboxylic acids is 1. The Morgan fingerprint density at radius 2 is 2.21 bits per heavy atom. The van der Waals surface area contributed by atoms with Gasteiger partial charge in [0.25, 0.3) is 0 Å². The Labute approximate surface area is 99.3 Å². The normalized spacial score (nSPS) is 23.9. The molecule has 0 aliphatic carbocycles. The number of hydrogen-bond donors (Lipinski definition) is 0. The molecule has 0 saturated carbocycles. The van der Waals surface area contributed by atoms with Crippen LogP contribution in [-0.2, 0) is 9.63 Å². The Balaban J connectivity index is 2.36. The van der Waals surface area contributed by atoms with E-state index in [9.17, 15) is 4.79 Å². The minimum absolute atomic E-state index is 0.133. The second kappa shape index (κ2) is 4.79. The predicted octanol–water partition coefficient (Wildman–Crippen LogP) is 2.25. The van der Waals surface area contributed by atoms with Gasteiger partial charge < -0.3 is 4.84 Å². The molecule has 14 heavy (non-hydrogen) atoms. The molecule has 0 bridgehead atoms. The zero-order valence-corrected chi connectivity index (χ0v) is 11.2. The van der Waals surface area contributed by atoms with E-state index in [1.807, 2.05) is 20.8 Å². The fraction of sp³-hybridized carbons (Fsp3) is 0.900. The van der Waals surface area contributed by atoms with Gasteiger partial charge in [0.1, 0.15) is 0 Å². The molecule has 1 atom stereocenters. The zero-order valence-electron chi connectivity index (χ0n) is 9.05. The average Bonchev–Trinajstić information content (AvgIpc) is 2.50. The summed E-state index contributed by atoms with van der Waals surface area (Å²) in [6.07, 6.45) is 1.14. The first-order valence-corrected chi connectivity index (χ1v) is 6.49.